The number of carbonyl (C=O) groups excluding carboxylic acids is 2. The lowest BCUT2D eigenvalue weighted by atomic mass is 9.94. The number of carbonyl (C=O) groups is 2. The van der Waals surface area contributed by atoms with Crippen LogP contribution in [0.15, 0.2) is 24.3 Å². The molecule has 0 saturated carbocycles. The Balaban J connectivity index is 1.94. The molecular formula is C16H22N4O4. The summed E-state index contributed by atoms with van der Waals surface area (Å²) in [6.07, 6.45) is 0.985. The van der Waals surface area contributed by atoms with Crippen molar-refractivity contribution in [1.82, 2.24) is 16.0 Å². The van der Waals surface area contributed by atoms with Gasteiger partial charge in [-0.25, -0.2) is 0 Å². The molecule has 0 spiro atoms. The third-order valence-electron chi connectivity index (χ3n) is 4.22. The van der Waals surface area contributed by atoms with Crippen molar-refractivity contribution < 1.29 is 14.5 Å². The first-order valence-corrected chi connectivity index (χ1v) is 7.95. The van der Waals surface area contributed by atoms with E-state index in [9.17, 15) is 19.7 Å². The zero-order chi connectivity index (χ0) is 17.7. The minimum Gasteiger partial charge on any atom is -0.350 e. The minimum atomic E-state index is -0.731. The number of amides is 2. The van der Waals surface area contributed by atoms with E-state index >= 15 is 0 Å². The smallest absolute Gasteiger partial charge is 0.270 e. The number of piperidine rings is 1. The van der Waals surface area contributed by atoms with E-state index in [0.29, 0.717) is 12.5 Å². The number of nitro benzene ring substituents is 1. The van der Waals surface area contributed by atoms with Crippen LogP contribution >= 0.6 is 0 Å². The van der Waals surface area contributed by atoms with Gasteiger partial charge in [0.1, 0.15) is 6.04 Å². The van der Waals surface area contributed by atoms with Crippen molar-refractivity contribution in [3.8, 4) is 0 Å². The van der Waals surface area contributed by atoms with Crippen LogP contribution in [0.1, 0.15) is 30.6 Å². The van der Waals surface area contributed by atoms with E-state index in [1.165, 1.54) is 24.3 Å². The molecule has 1 aliphatic rings. The molecular weight excluding hydrogens is 312 g/mol. The van der Waals surface area contributed by atoms with Gasteiger partial charge in [-0.1, -0.05) is 13.0 Å². The third-order valence-corrected chi connectivity index (χ3v) is 4.22. The molecule has 2 amide bonds. The number of non-ortho nitro benzene ring substituents is 1. The average Bonchev–Trinajstić information content (AvgIpc) is 2.56. The summed E-state index contributed by atoms with van der Waals surface area (Å²) in [5.74, 6) is -0.416. The molecule has 2 rings (SSSR count). The highest BCUT2D eigenvalue weighted by atomic mass is 16.6. The lowest BCUT2D eigenvalue weighted by Gasteiger charge is -2.31. The molecule has 0 radical (unpaired) electrons. The Morgan fingerprint density at radius 2 is 2.17 bits per heavy atom. The van der Waals surface area contributed by atoms with Gasteiger partial charge in [-0.05, 0) is 31.9 Å². The summed E-state index contributed by atoms with van der Waals surface area (Å²) in [4.78, 5) is 34.6. The Morgan fingerprint density at radius 3 is 2.83 bits per heavy atom. The summed E-state index contributed by atoms with van der Waals surface area (Å²) < 4.78 is 0. The highest BCUT2D eigenvalue weighted by Gasteiger charge is 2.25. The van der Waals surface area contributed by atoms with E-state index in [-0.39, 0.29) is 23.2 Å². The molecule has 130 valence electrons. The van der Waals surface area contributed by atoms with Crippen molar-refractivity contribution in [2.45, 2.75) is 32.4 Å². The molecule has 3 atom stereocenters. The largest absolute Gasteiger partial charge is 0.350 e. The van der Waals surface area contributed by atoms with Gasteiger partial charge in [-0.15, -0.1) is 0 Å². The van der Waals surface area contributed by atoms with E-state index in [1.54, 1.807) is 6.92 Å². The number of nitrogens with zero attached hydrogens (tertiary/aromatic N) is 1. The second-order valence-corrected chi connectivity index (χ2v) is 6.09. The fourth-order valence-electron chi connectivity index (χ4n) is 2.60. The van der Waals surface area contributed by atoms with Crippen LogP contribution in [0, 0.1) is 16.0 Å². The van der Waals surface area contributed by atoms with Gasteiger partial charge in [0.15, 0.2) is 0 Å². The van der Waals surface area contributed by atoms with Gasteiger partial charge in [0, 0.05) is 30.3 Å². The van der Waals surface area contributed by atoms with Gasteiger partial charge in [-0.2, -0.15) is 0 Å². The molecule has 3 unspecified atom stereocenters. The summed E-state index contributed by atoms with van der Waals surface area (Å²) >= 11 is 0. The lowest BCUT2D eigenvalue weighted by molar-refractivity contribution is -0.384. The predicted octanol–water partition coefficient (Wildman–Crippen LogP) is 0.827. The van der Waals surface area contributed by atoms with E-state index in [4.69, 9.17) is 0 Å². The van der Waals surface area contributed by atoms with Crippen LogP contribution in [0.4, 0.5) is 5.69 Å². The van der Waals surface area contributed by atoms with Gasteiger partial charge in [0.2, 0.25) is 5.91 Å². The highest BCUT2D eigenvalue weighted by molar-refractivity contribution is 5.97. The summed E-state index contributed by atoms with van der Waals surface area (Å²) in [5, 5.41) is 19.5. The van der Waals surface area contributed by atoms with Gasteiger partial charge in [0.25, 0.3) is 11.6 Å². The summed E-state index contributed by atoms with van der Waals surface area (Å²) in [7, 11) is 0. The normalized spacial score (nSPS) is 21.6. The molecule has 1 saturated heterocycles. The number of rotatable bonds is 5. The van der Waals surface area contributed by atoms with Crippen LogP contribution in [-0.2, 0) is 4.79 Å². The third kappa shape index (κ3) is 4.51. The van der Waals surface area contributed by atoms with Crippen LogP contribution < -0.4 is 16.0 Å². The highest BCUT2D eigenvalue weighted by Crippen LogP contribution is 2.13. The summed E-state index contributed by atoms with van der Waals surface area (Å²) in [6.45, 7) is 5.31. The molecule has 0 aliphatic carbocycles. The summed E-state index contributed by atoms with van der Waals surface area (Å²) in [6, 6.07) is 4.71. The maximum atomic E-state index is 12.2. The quantitative estimate of drug-likeness (QED) is 0.545. The van der Waals surface area contributed by atoms with Gasteiger partial charge in [0.05, 0.1) is 4.92 Å². The molecule has 8 heteroatoms. The Bertz CT molecular complexity index is 634. The predicted molar refractivity (Wildman–Crippen MR) is 88.6 cm³/mol. The lowest BCUT2D eigenvalue weighted by Crippen LogP contribution is -2.54. The standard InChI is InChI=1S/C16H22N4O4/c1-10-6-7-17-9-14(10)19-15(21)11(2)18-16(22)12-4-3-5-13(8-12)20(23)24/h3-5,8,10-11,14,17H,6-7,9H2,1-2H3,(H,18,22)(H,19,21). The van der Waals surface area contributed by atoms with Gasteiger partial charge in [-0.3, -0.25) is 19.7 Å². The minimum absolute atomic E-state index is 0.0309. The Hall–Kier alpha value is -2.48. The fraction of sp³-hybridized carbons (Fsp3) is 0.500. The Labute approximate surface area is 140 Å². The average molecular weight is 334 g/mol. The van der Waals surface area contributed by atoms with Gasteiger partial charge < -0.3 is 16.0 Å². The topological polar surface area (TPSA) is 113 Å². The summed E-state index contributed by atoms with van der Waals surface area (Å²) in [5.41, 5.74) is -0.0154. The Kier molecular flexibility index (Phi) is 5.86. The van der Waals surface area contributed by atoms with E-state index in [0.717, 1.165) is 13.0 Å². The van der Waals surface area contributed by atoms with Crippen molar-refractivity contribution in [3.63, 3.8) is 0 Å². The van der Waals surface area contributed by atoms with Crippen LogP contribution in [0.5, 0.6) is 0 Å². The molecule has 1 aromatic rings. The zero-order valence-electron chi connectivity index (χ0n) is 13.7. The second-order valence-electron chi connectivity index (χ2n) is 6.09. The van der Waals surface area contributed by atoms with Crippen LogP contribution in [0.25, 0.3) is 0 Å². The molecule has 1 aliphatic heterocycles. The SMILES string of the molecule is CC(NC(=O)c1cccc([N+](=O)[O-])c1)C(=O)NC1CNCCC1C. The monoisotopic (exact) mass is 334 g/mol. The van der Waals surface area contributed by atoms with Crippen LogP contribution in [-0.4, -0.2) is 41.9 Å². The van der Waals surface area contributed by atoms with Crippen molar-refractivity contribution >= 4 is 17.5 Å². The fourth-order valence-corrected chi connectivity index (χ4v) is 2.60. The van der Waals surface area contributed by atoms with Crippen LogP contribution in [0.3, 0.4) is 0 Å². The number of nitrogens with one attached hydrogen (secondary N) is 3. The van der Waals surface area contributed by atoms with Crippen molar-refractivity contribution in [1.29, 1.82) is 0 Å². The second kappa shape index (κ2) is 7.87. The first-order chi connectivity index (χ1) is 11.4. The molecule has 8 nitrogen and oxygen atoms in total. The number of hydrogen-bond donors (Lipinski definition) is 3. The number of hydrogen-bond acceptors (Lipinski definition) is 5. The molecule has 1 aromatic carbocycles. The van der Waals surface area contributed by atoms with E-state index in [2.05, 4.69) is 22.9 Å². The maximum absolute atomic E-state index is 12.2. The molecule has 0 aromatic heterocycles. The zero-order valence-corrected chi connectivity index (χ0v) is 13.7. The first kappa shape index (κ1) is 17.9. The molecule has 24 heavy (non-hydrogen) atoms. The van der Waals surface area contributed by atoms with Crippen molar-refractivity contribution in [3.05, 3.63) is 39.9 Å². The van der Waals surface area contributed by atoms with E-state index in [1.807, 2.05) is 0 Å². The van der Waals surface area contributed by atoms with Gasteiger partial charge >= 0.3 is 0 Å². The molecule has 3 N–H and O–H groups in total. The van der Waals surface area contributed by atoms with Crippen molar-refractivity contribution in [2.75, 3.05) is 13.1 Å². The first-order valence-electron chi connectivity index (χ1n) is 7.95. The number of nitro groups is 1. The van der Waals surface area contributed by atoms with Crippen LogP contribution in [0.2, 0.25) is 0 Å². The van der Waals surface area contributed by atoms with E-state index < -0.39 is 16.9 Å². The van der Waals surface area contributed by atoms with Crippen molar-refractivity contribution in [2.24, 2.45) is 5.92 Å². The molecule has 0 bridgehead atoms. The number of benzene rings is 1. The Morgan fingerprint density at radius 1 is 1.42 bits per heavy atom. The molecule has 1 heterocycles. The molecule has 1 fully saturated rings. The maximum Gasteiger partial charge on any atom is 0.270 e.